The van der Waals surface area contributed by atoms with E-state index in [0.717, 1.165) is 11.1 Å². The van der Waals surface area contributed by atoms with Crippen LogP contribution in [-0.2, 0) is 17.9 Å². The van der Waals surface area contributed by atoms with E-state index in [4.69, 9.17) is 9.47 Å². The molecule has 0 fully saturated rings. The molecule has 0 saturated heterocycles. The minimum absolute atomic E-state index is 0.0875. The molecule has 0 saturated carbocycles. The number of hydrogen-bond donors (Lipinski definition) is 2. The number of carbonyl (C=O) groups excluding carboxylic acids is 2. The van der Waals surface area contributed by atoms with Crippen LogP contribution in [0.15, 0.2) is 42.5 Å². The summed E-state index contributed by atoms with van der Waals surface area (Å²) in [6.45, 7) is 2.27. The maximum Gasteiger partial charge on any atom is 0.251 e. The number of ether oxygens (including phenoxy) is 2. The van der Waals surface area contributed by atoms with Crippen molar-refractivity contribution < 1.29 is 19.1 Å². The number of rotatable bonds is 7. The van der Waals surface area contributed by atoms with E-state index in [1.54, 1.807) is 32.4 Å². The average molecular weight is 342 g/mol. The van der Waals surface area contributed by atoms with Gasteiger partial charge < -0.3 is 20.1 Å². The van der Waals surface area contributed by atoms with Gasteiger partial charge in [-0.15, -0.1) is 0 Å². The monoisotopic (exact) mass is 342 g/mol. The van der Waals surface area contributed by atoms with Gasteiger partial charge in [0.2, 0.25) is 5.91 Å². The zero-order chi connectivity index (χ0) is 18.2. The molecule has 0 atom stereocenters. The van der Waals surface area contributed by atoms with Gasteiger partial charge in [0.05, 0.1) is 14.2 Å². The maximum absolute atomic E-state index is 12.3. The Balaban J connectivity index is 1.97. The Bertz CT molecular complexity index is 719. The van der Waals surface area contributed by atoms with Crippen molar-refractivity contribution in [1.29, 1.82) is 0 Å². The van der Waals surface area contributed by atoms with Gasteiger partial charge in [0.25, 0.3) is 5.91 Å². The first kappa shape index (κ1) is 18.3. The van der Waals surface area contributed by atoms with Gasteiger partial charge in [-0.3, -0.25) is 9.59 Å². The fraction of sp³-hybridized carbons (Fsp3) is 0.263. The largest absolute Gasteiger partial charge is 0.497 e. The van der Waals surface area contributed by atoms with Crippen molar-refractivity contribution in [3.63, 3.8) is 0 Å². The highest BCUT2D eigenvalue weighted by molar-refractivity contribution is 5.94. The average Bonchev–Trinajstić information content (AvgIpc) is 2.64. The Labute approximate surface area is 147 Å². The SMILES string of the molecule is COc1cc(CNC(=O)c2ccc(CNC(C)=O)cc2)cc(OC)c1. The van der Waals surface area contributed by atoms with Gasteiger partial charge in [0.15, 0.2) is 0 Å². The molecule has 6 nitrogen and oxygen atoms in total. The summed E-state index contributed by atoms with van der Waals surface area (Å²) in [6, 6.07) is 12.6. The van der Waals surface area contributed by atoms with E-state index in [2.05, 4.69) is 10.6 Å². The van der Waals surface area contributed by atoms with Gasteiger partial charge in [-0.25, -0.2) is 0 Å². The molecule has 0 aromatic heterocycles. The Morgan fingerprint density at radius 2 is 1.40 bits per heavy atom. The summed E-state index contributed by atoms with van der Waals surface area (Å²) in [5.41, 5.74) is 2.37. The molecule has 0 heterocycles. The van der Waals surface area contributed by atoms with Crippen molar-refractivity contribution in [2.45, 2.75) is 20.0 Å². The van der Waals surface area contributed by atoms with Crippen LogP contribution in [0.25, 0.3) is 0 Å². The van der Waals surface area contributed by atoms with E-state index >= 15 is 0 Å². The number of benzene rings is 2. The summed E-state index contributed by atoms with van der Waals surface area (Å²) in [5.74, 6) is 1.08. The first-order valence-electron chi connectivity index (χ1n) is 7.85. The molecule has 6 heteroatoms. The second-order valence-corrected chi connectivity index (χ2v) is 5.51. The van der Waals surface area contributed by atoms with Crippen LogP contribution in [0, 0.1) is 0 Å². The summed E-state index contributed by atoms with van der Waals surface area (Å²) in [7, 11) is 3.17. The van der Waals surface area contributed by atoms with Crippen molar-refractivity contribution >= 4 is 11.8 Å². The molecular formula is C19H22N2O4. The van der Waals surface area contributed by atoms with Crippen LogP contribution in [0.5, 0.6) is 11.5 Å². The zero-order valence-electron chi connectivity index (χ0n) is 14.6. The predicted molar refractivity (Wildman–Crippen MR) is 94.7 cm³/mol. The Morgan fingerprint density at radius 3 is 1.92 bits per heavy atom. The first-order chi connectivity index (χ1) is 12.0. The smallest absolute Gasteiger partial charge is 0.251 e. The van der Waals surface area contributed by atoms with Crippen LogP contribution in [0.1, 0.15) is 28.4 Å². The van der Waals surface area contributed by atoms with Gasteiger partial charge in [0.1, 0.15) is 11.5 Å². The molecule has 25 heavy (non-hydrogen) atoms. The Hall–Kier alpha value is -3.02. The highest BCUT2D eigenvalue weighted by atomic mass is 16.5. The van der Waals surface area contributed by atoms with Crippen molar-refractivity contribution in [1.82, 2.24) is 10.6 Å². The fourth-order valence-electron chi connectivity index (χ4n) is 2.25. The number of hydrogen-bond acceptors (Lipinski definition) is 4. The standard InChI is InChI=1S/C19H22N2O4/c1-13(22)20-11-14-4-6-16(7-5-14)19(23)21-12-15-8-17(24-2)10-18(9-15)25-3/h4-10H,11-12H2,1-3H3,(H,20,22)(H,21,23). The molecular weight excluding hydrogens is 320 g/mol. The molecule has 132 valence electrons. The van der Waals surface area contributed by atoms with Gasteiger partial charge in [-0.1, -0.05) is 12.1 Å². The molecule has 0 unspecified atom stereocenters. The van der Waals surface area contributed by atoms with Gasteiger partial charge >= 0.3 is 0 Å². The van der Waals surface area contributed by atoms with Crippen molar-refractivity contribution in [2.75, 3.05) is 14.2 Å². The van der Waals surface area contributed by atoms with E-state index < -0.39 is 0 Å². The molecule has 0 aliphatic carbocycles. The lowest BCUT2D eigenvalue weighted by Gasteiger charge is -2.10. The molecule has 0 spiro atoms. The van der Waals surface area contributed by atoms with Gasteiger partial charge in [-0.05, 0) is 35.4 Å². The Morgan fingerprint density at radius 1 is 0.840 bits per heavy atom. The van der Waals surface area contributed by atoms with Crippen LogP contribution < -0.4 is 20.1 Å². The van der Waals surface area contributed by atoms with Gasteiger partial charge in [0, 0.05) is 31.6 Å². The van der Waals surface area contributed by atoms with Crippen LogP contribution in [-0.4, -0.2) is 26.0 Å². The first-order valence-corrected chi connectivity index (χ1v) is 7.85. The maximum atomic E-state index is 12.3. The van der Waals surface area contributed by atoms with E-state index in [0.29, 0.717) is 30.2 Å². The number of methoxy groups -OCH3 is 2. The summed E-state index contributed by atoms with van der Waals surface area (Å²) >= 11 is 0. The molecule has 0 bridgehead atoms. The quantitative estimate of drug-likeness (QED) is 0.809. The molecule has 2 rings (SSSR count). The van der Waals surface area contributed by atoms with Crippen LogP contribution >= 0.6 is 0 Å². The van der Waals surface area contributed by atoms with Crippen LogP contribution in [0.2, 0.25) is 0 Å². The lowest BCUT2D eigenvalue weighted by molar-refractivity contribution is -0.119. The van der Waals surface area contributed by atoms with Crippen molar-refractivity contribution in [3.05, 3.63) is 59.2 Å². The molecule has 2 aromatic carbocycles. The molecule has 0 radical (unpaired) electrons. The highest BCUT2D eigenvalue weighted by Gasteiger charge is 2.07. The second kappa shape index (κ2) is 8.73. The summed E-state index contributed by atoms with van der Waals surface area (Å²) in [4.78, 5) is 23.2. The summed E-state index contributed by atoms with van der Waals surface area (Å²) in [5, 5.41) is 5.58. The number of carbonyl (C=O) groups is 2. The third kappa shape index (κ3) is 5.53. The van der Waals surface area contributed by atoms with Crippen LogP contribution in [0.4, 0.5) is 0 Å². The predicted octanol–water partition coefficient (Wildman–Crippen LogP) is 2.27. The molecule has 2 amide bonds. The summed E-state index contributed by atoms with van der Waals surface area (Å²) in [6.07, 6.45) is 0. The van der Waals surface area contributed by atoms with E-state index in [1.807, 2.05) is 24.3 Å². The minimum atomic E-state index is -0.173. The summed E-state index contributed by atoms with van der Waals surface area (Å²) < 4.78 is 10.4. The highest BCUT2D eigenvalue weighted by Crippen LogP contribution is 2.22. The lowest BCUT2D eigenvalue weighted by atomic mass is 10.1. The van der Waals surface area contributed by atoms with E-state index in [-0.39, 0.29) is 11.8 Å². The molecule has 0 aliphatic heterocycles. The molecule has 2 aromatic rings. The lowest BCUT2D eigenvalue weighted by Crippen LogP contribution is -2.23. The normalized spacial score (nSPS) is 10.0. The third-order valence-electron chi connectivity index (χ3n) is 3.62. The fourth-order valence-corrected chi connectivity index (χ4v) is 2.25. The van der Waals surface area contributed by atoms with E-state index in [1.165, 1.54) is 6.92 Å². The third-order valence-corrected chi connectivity index (χ3v) is 3.62. The van der Waals surface area contributed by atoms with Crippen molar-refractivity contribution in [2.24, 2.45) is 0 Å². The van der Waals surface area contributed by atoms with E-state index in [9.17, 15) is 9.59 Å². The van der Waals surface area contributed by atoms with Crippen LogP contribution in [0.3, 0.4) is 0 Å². The topological polar surface area (TPSA) is 76.7 Å². The molecule has 0 aliphatic rings. The minimum Gasteiger partial charge on any atom is -0.497 e. The molecule has 2 N–H and O–H groups in total. The number of nitrogens with one attached hydrogen (secondary N) is 2. The zero-order valence-corrected chi connectivity index (χ0v) is 14.6. The number of amides is 2. The second-order valence-electron chi connectivity index (χ2n) is 5.51. The Kier molecular flexibility index (Phi) is 6.39. The van der Waals surface area contributed by atoms with Crippen molar-refractivity contribution in [3.8, 4) is 11.5 Å². The van der Waals surface area contributed by atoms with Gasteiger partial charge in [-0.2, -0.15) is 0 Å².